The molecule has 0 saturated carbocycles. The third-order valence-corrected chi connectivity index (χ3v) is 3.52. The standard InChI is InChI=1S/C16H17FN2O8/c1-16(2,3)27-15(22)18-11(13(20)25-4)12(26-14(18)21)8-5-6-9(17)10(7-8)19(23)24/h5-7,11-12H,1-4H3/t11-,12+/m0/s1. The molecule has 2 rings (SSSR count). The lowest BCUT2D eigenvalue weighted by Gasteiger charge is -2.25. The van der Waals surface area contributed by atoms with Crippen LogP contribution in [-0.2, 0) is 19.0 Å². The smallest absolute Gasteiger partial charge is 0.420 e. The van der Waals surface area contributed by atoms with E-state index in [1.807, 2.05) is 0 Å². The van der Waals surface area contributed by atoms with Crippen molar-refractivity contribution in [1.29, 1.82) is 0 Å². The van der Waals surface area contributed by atoms with Gasteiger partial charge in [-0.1, -0.05) is 6.07 Å². The first-order chi connectivity index (χ1) is 12.5. The molecule has 1 aliphatic rings. The molecule has 0 N–H and O–H groups in total. The quantitative estimate of drug-likeness (QED) is 0.337. The van der Waals surface area contributed by atoms with Gasteiger partial charge in [-0.25, -0.2) is 14.4 Å². The first-order valence-corrected chi connectivity index (χ1v) is 7.70. The van der Waals surface area contributed by atoms with E-state index in [0.717, 1.165) is 25.3 Å². The highest BCUT2D eigenvalue weighted by molar-refractivity contribution is 5.96. The second-order valence-corrected chi connectivity index (χ2v) is 6.59. The van der Waals surface area contributed by atoms with Crippen molar-refractivity contribution in [3.05, 3.63) is 39.7 Å². The predicted octanol–water partition coefficient (Wildman–Crippen LogP) is 2.70. The molecule has 0 radical (unpaired) electrons. The van der Waals surface area contributed by atoms with E-state index in [-0.39, 0.29) is 5.56 Å². The van der Waals surface area contributed by atoms with E-state index in [9.17, 15) is 28.9 Å². The number of nitro benzene ring substituents is 1. The van der Waals surface area contributed by atoms with Crippen LogP contribution in [0.1, 0.15) is 32.4 Å². The minimum Gasteiger partial charge on any atom is -0.467 e. The number of benzene rings is 1. The number of amides is 2. The number of ether oxygens (including phenoxy) is 3. The van der Waals surface area contributed by atoms with E-state index in [0.29, 0.717) is 4.90 Å². The molecule has 2 amide bonds. The molecule has 0 bridgehead atoms. The van der Waals surface area contributed by atoms with Gasteiger partial charge in [-0.2, -0.15) is 9.29 Å². The number of hydrogen-bond acceptors (Lipinski definition) is 8. The van der Waals surface area contributed by atoms with E-state index < -0.39 is 52.3 Å². The Morgan fingerprint density at radius 1 is 1.33 bits per heavy atom. The van der Waals surface area contributed by atoms with E-state index in [1.165, 1.54) is 0 Å². The van der Waals surface area contributed by atoms with Gasteiger partial charge < -0.3 is 14.2 Å². The van der Waals surface area contributed by atoms with Crippen LogP contribution in [0.25, 0.3) is 0 Å². The monoisotopic (exact) mass is 384 g/mol. The number of halogens is 1. The summed E-state index contributed by atoms with van der Waals surface area (Å²) in [7, 11) is 1.03. The second-order valence-electron chi connectivity index (χ2n) is 6.59. The normalized spacial score (nSPS) is 19.4. The molecule has 11 heteroatoms. The van der Waals surface area contributed by atoms with Crippen molar-refractivity contribution in [2.75, 3.05) is 7.11 Å². The largest absolute Gasteiger partial charge is 0.467 e. The minimum atomic E-state index is -1.59. The molecular formula is C16H17FN2O8. The Kier molecular flexibility index (Phi) is 5.33. The molecule has 0 spiro atoms. The number of esters is 1. The van der Waals surface area contributed by atoms with Crippen molar-refractivity contribution in [2.45, 2.75) is 38.5 Å². The van der Waals surface area contributed by atoms with E-state index in [1.54, 1.807) is 20.8 Å². The highest BCUT2D eigenvalue weighted by Crippen LogP contribution is 2.36. The van der Waals surface area contributed by atoms with Gasteiger partial charge in [0.2, 0.25) is 5.82 Å². The van der Waals surface area contributed by atoms with Crippen molar-refractivity contribution in [3.63, 3.8) is 0 Å². The average molecular weight is 384 g/mol. The van der Waals surface area contributed by atoms with Crippen molar-refractivity contribution >= 4 is 23.8 Å². The lowest BCUT2D eigenvalue weighted by Crippen LogP contribution is -2.47. The van der Waals surface area contributed by atoms with Gasteiger partial charge in [0.25, 0.3) is 0 Å². The molecule has 146 valence electrons. The van der Waals surface area contributed by atoms with Gasteiger partial charge in [-0.05, 0) is 26.8 Å². The van der Waals surface area contributed by atoms with Crippen LogP contribution in [0.3, 0.4) is 0 Å². The van der Waals surface area contributed by atoms with Gasteiger partial charge >= 0.3 is 23.8 Å². The van der Waals surface area contributed by atoms with Crippen LogP contribution in [-0.4, -0.2) is 46.7 Å². The Morgan fingerprint density at radius 2 is 1.96 bits per heavy atom. The fraction of sp³-hybridized carbons (Fsp3) is 0.438. The zero-order chi connectivity index (χ0) is 20.5. The fourth-order valence-electron chi connectivity index (χ4n) is 2.42. The molecular weight excluding hydrogens is 367 g/mol. The Bertz CT molecular complexity index is 804. The minimum absolute atomic E-state index is 0.0575. The van der Waals surface area contributed by atoms with Crippen molar-refractivity contribution < 1.29 is 37.9 Å². The van der Waals surface area contributed by atoms with Gasteiger partial charge in [0, 0.05) is 11.6 Å². The summed E-state index contributed by atoms with van der Waals surface area (Å²) in [6.45, 7) is 4.67. The van der Waals surface area contributed by atoms with Gasteiger partial charge in [0.05, 0.1) is 12.0 Å². The lowest BCUT2D eigenvalue weighted by molar-refractivity contribution is -0.387. The predicted molar refractivity (Wildman–Crippen MR) is 86.2 cm³/mol. The summed E-state index contributed by atoms with van der Waals surface area (Å²) in [4.78, 5) is 47.1. The van der Waals surface area contributed by atoms with Gasteiger partial charge in [0.1, 0.15) is 5.60 Å². The van der Waals surface area contributed by atoms with Crippen LogP contribution >= 0.6 is 0 Å². The van der Waals surface area contributed by atoms with Crippen molar-refractivity contribution in [3.8, 4) is 0 Å². The number of hydrogen-bond donors (Lipinski definition) is 0. The van der Waals surface area contributed by atoms with Crippen LogP contribution in [0.2, 0.25) is 0 Å². The number of carbonyl (C=O) groups is 3. The number of nitrogens with zero attached hydrogens (tertiary/aromatic N) is 2. The number of nitro groups is 1. The molecule has 27 heavy (non-hydrogen) atoms. The van der Waals surface area contributed by atoms with Crippen LogP contribution in [0.15, 0.2) is 18.2 Å². The van der Waals surface area contributed by atoms with Gasteiger partial charge in [-0.15, -0.1) is 0 Å². The Morgan fingerprint density at radius 3 is 2.48 bits per heavy atom. The third kappa shape index (κ3) is 4.13. The highest BCUT2D eigenvalue weighted by atomic mass is 19.1. The van der Waals surface area contributed by atoms with E-state index >= 15 is 0 Å². The zero-order valence-corrected chi connectivity index (χ0v) is 14.9. The molecule has 1 aromatic carbocycles. The molecule has 0 aromatic heterocycles. The topological polar surface area (TPSA) is 125 Å². The number of methoxy groups -OCH3 is 1. The summed E-state index contributed by atoms with van der Waals surface area (Å²) in [5.74, 6) is -2.12. The molecule has 0 aliphatic carbocycles. The Labute approximate surface area is 152 Å². The highest BCUT2D eigenvalue weighted by Gasteiger charge is 2.52. The van der Waals surface area contributed by atoms with E-state index in [4.69, 9.17) is 9.47 Å². The number of carbonyl (C=O) groups excluding carboxylic acids is 3. The summed E-state index contributed by atoms with van der Waals surface area (Å²) in [6, 6.07) is 1.13. The van der Waals surface area contributed by atoms with Gasteiger partial charge in [-0.3, -0.25) is 10.1 Å². The fourth-order valence-corrected chi connectivity index (χ4v) is 2.42. The maximum Gasteiger partial charge on any atom is 0.420 e. The summed E-state index contributed by atoms with van der Waals surface area (Å²) in [5, 5.41) is 10.9. The summed E-state index contributed by atoms with van der Waals surface area (Å²) >= 11 is 0. The zero-order valence-electron chi connectivity index (χ0n) is 14.9. The van der Waals surface area contributed by atoms with Crippen LogP contribution < -0.4 is 0 Å². The number of cyclic esters (lactones) is 1. The Hall–Kier alpha value is -3.24. The second kappa shape index (κ2) is 7.17. The number of rotatable bonds is 3. The summed E-state index contributed by atoms with van der Waals surface area (Å²) in [5.41, 5.74) is -1.90. The Balaban J connectivity index is 2.47. The number of imide groups is 1. The van der Waals surface area contributed by atoms with Gasteiger partial charge in [0.15, 0.2) is 12.1 Å². The molecule has 0 unspecified atom stereocenters. The van der Waals surface area contributed by atoms with Crippen LogP contribution in [0.4, 0.5) is 19.7 Å². The first kappa shape index (κ1) is 20.1. The van der Waals surface area contributed by atoms with Crippen LogP contribution in [0.5, 0.6) is 0 Å². The molecule has 1 fully saturated rings. The first-order valence-electron chi connectivity index (χ1n) is 7.70. The van der Waals surface area contributed by atoms with Crippen molar-refractivity contribution in [2.24, 2.45) is 0 Å². The van der Waals surface area contributed by atoms with Crippen molar-refractivity contribution in [1.82, 2.24) is 4.90 Å². The molecule has 10 nitrogen and oxygen atoms in total. The molecule has 1 saturated heterocycles. The molecule has 1 aliphatic heterocycles. The molecule has 1 aromatic rings. The SMILES string of the molecule is COC(=O)[C@@H]1[C@@H](c2ccc(F)c([N+](=O)[O-])c2)OC(=O)N1C(=O)OC(C)(C)C. The maximum atomic E-state index is 13.6. The molecule has 2 atom stereocenters. The van der Waals surface area contributed by atoms with Crippen LogP contribution in [0, 0.1) is 15.9 Å². The maximum absolute atomic E-state index is 13.6. The third-order valence-electron chi connectivity index (χ3n) is 3.52. The summed E-state index contributed by atoms with van der Waals surface area (Å²) < 4.78 is 28.3. The lowest BCUT2D eigenvalue weighted by atomic mass is 10.0. The summed E-state index contributed by atoms with van der Waals surface area (Å²) in [6.07, 6.45) is -3.78. The molecule has 1 heterocycles. The average Bonchev–Trinajstić information content (AvgIpc) is 2.90. The van der Waals surface area contributed by atoms with E-state index in [2.05, 4.69) is 4.74 Å².